The van der Waals surface area contributed by atoms with E-state index in [1.54, 1.807) is 29.2 Å². The molecule has 2 aromatic rings. The second-order valence-electron chi connectivity index (χ2n) is 8.61. The van der Waals surface area contributed by atoms with Gasteiger partial charge in [-0.15, -0.1) is 0 Å². The van der Waals surface area contributed by atoms with Crippen LogP contribution in [0.5, 0.6) is 0 Å². The van der Waals surface area contributed by atoms with Gasteiger partial charge in [-0.3, -0.25) is 24.8 Å². The van der Waals surface area contributed by atoms with Crippen LogP contribution in [0.2, 0.25) is 0 Å². The number of carbonyl (C=O) groups is 2. The predicted octanol–water partition coefficient (Wildman–Crippen LogP) is 2.68. The summed E-state index contributed by atoms with van der Waals surface area (Å²) >= 11 is 0. The van der Waals surface area contributed by atoms with Gasteiger partial charge in [0.2, 0.25) is 11.8 Å². The fraction of sp³-hybridized carbons (Fsp3) is 0.348. The number of nitrogens with two attached hydrogens (primary N) is 1. The quantitative estimate of drug-likeness (QED) is 0.433. The molecule has 3 aliphatic rings. The third-order valence-corrected chi connectivity index (χ3v) is 6.84. The van der Waals surface area contributed by atoms with Crippen LogP contribution in [0.3, 0.4) is 0 Å². The molecule has 0 bridgehead atoms. The van der Waals surface area contributed by atoms with Crippen LogP contribution in [0.25, 0.3) is 0 Å². The Morgan fingerprint density at radius 3 is 2.28 bits per heavy atom. The number of hydrogen-bond donors (Lipinski definition) is 2. The average Bonchev–Trinajstić information content (AvgIpc) is 3.34. The van der Waals surface area contributed by atoms with Gasteiger partial charge < -0.3 is 5.73 Å². The van der Waals surface area contributed by atoms with E-state index in [1.807, 2.05) is 0 Å². The van der Waals surface area contributed by atoms with Crippen LogP contribution in [-0.2, 0) is 16.1 Å². The molecule has 2 aromatic carbocycles. The van der Waals surface area contributed by atoms with E-state index in [1.165, 1.54) is 24.3 Å². The molecular weight excluding hydrogens is 421 g/mol. The Morgan fingerprint density at radius 1 is 1.03 bits per heavy atom. The van der Waals surface area contributed by atoms with Crippen LogP contribution in [0, 0.1) is 23.1 Å². The highest BCUT2D eigenvalue weighted by atomic mass is 19.3. The van der Waals surface area contributed by atoms with E-state index in [0.29, 0.717) is 16.7 Å². The van der Waals surface area contributed by atoms with Crippen LogP contribution < -0.4 is 5.73 Å². The Hall–Kier alpha value is -3.20. The zero-order valence-electron chi connectivity index (χ0n) is 17.0. The summed E-state index contributed by atoms with van der Waals surface area (Å²) in [7, 11) is 0. The minimum absolute atomic E-state index is 0.0841. The molecule has 0 radical (unpaired) electrons. The molecule has 9 heteroatoms. The normalized spacial score (nSPS) is 28.8. The molecule has 0 spiro atoms. The van der Waals surface area contributed by atoms with Crippen molar-refractivity contribution >= 4 is 17.6 Å². The smallest absolute Gasteiger partial charge is 0.265 e. The Labute approximate surface area is 182 Å². The largest absolute Gasteiger partial charge is 0.384 e. The number of likely N-dealkylation sites (tertiary alicyclic amines) is 1. The van der Waals surface area contributed by atoms with Crippen LogP contribution in [-0.4, -0.2) is 46.0 Å². The number of hydrogen-bond acceptors (Lipinski definition) is 4. The first-order valence-corrected chi connectivity index (χ1v) is 10.4. The molecule has 3 heterocycles. The number of amides is 2. The molecule has 0 saturated carbocycles. The molecular formula is C23H21F3N4O2. The SMILES string of the molecule is N=C(N)c1ccc([C@H]2[C@H]3C(=O)N(Cc4ccc(F)cc4)C(=O)[C@H]3[C@@H]3N2CCC3(F)F)cc1. The van der Waals surface area contributed by atoms with E-state index in [2.05, 4.69) is 0 Å². The van der Waals surface area contributed by atoms with Gasteiger partial charge in [-0.2, -0.15) is 0 Å². The Bertz CT molecular complexity index is 1100. The lowest BCUT2D eigenvalue weighted by Crippen LogP contribution is -2.44. The maximum atomic E-state index is 14.9. The fourth-order valence-corrected chi connectivity index (χ4v) is 5.42. The molecule has 3 aliphatic heterocycles. The number of imide groups is 1. The lowest BCUT2D eigenvalue weighted by molar-refractivity contribution is -0.143. The standard InChI is InChI=1S/C23H21F3N4O2/c24-15-7-1-12(2-8-15)11-30-21(31)16-17(22(30)32)19-23(25,26)9-10-29(19)18(16)13-3-5-14(6-4-13)20(27)28/h1-8,16-19H,9-11H2,(H3,27,28)/t16-,17+,18-,19-/m0/s1. The number of halogens is 3. The number of nitrogen functional groups attached to an aromatic ring is 1. The molecule has 166 valence electrons. The summed E-state index contributed by atoms with van der Waals surface area (Å²) in [6, 6.07) is 9.97. The number of amidine groups is 1. The van der Waals surface area contributed by atoms with E-state index in [4.69, 9.17) is 11.1 Å². The zero-order chi connectivity index (χ0) is 22.8. The number of alkyl halides is 2. The number of fused-ring (bicyclic) bond motifs is 3. The molecule has 5 rings (SSSR count). The van der Waals surface area contributed by atoms with Crippen LogP contribution >= 0.6 is 0 Å². The molecule has 0 aromatic heterocycles. The first kappa shape index (κ1) is 20.7. The maximum Gasteiger partial charge on any atom is 0.265 e. The third-order valence-electron chi connectivity index (χ3n) is 6.84. The van der Waals surface area contributed by atoms with Gasteiger partial charge in [0.25, 0.3) is 5.92 Å². The molecule has 2 amide bonds. The van der Waals surface area contributed by atoms with E-state index < -0.39 is 47.5 Å². The second-order valence-corrected chi connectivity index (χ2v) is 8.61. The first-order chi connectivity index (χ1) is 15.2. The number of nitrogens with one attached hydrogen (secondary N) is 1. The van der Waals surface area contributed by atoms with Gasteiger partial charge in [-0.05, 0) is 23.3 Å². The van der Waals surface area contributed by atoms with E-state index in [-0.39, 0.29) is 25.3 Å². The van der Waals surface area contributed by atoms with Crippen molar-refractivity contribution in [2.75, 3.05) is 6.54 Å². The Kier molecular flexibility index (Phi) is 4.63. The first-order valence-electron chi connectivity index (χ1n) is 10.4. The van der Waals surface area contributed by atoms with E-state index in [9.17, 15) is 22.8 Å². The predicted molar refractivity (Wildman–Crippen MR) is 109 cm³/mol. The summed E-state index contributed by atoms with van der Waals surface area (Å²) in [5.74, 6) is -6.82. The van der Waals surface area contributed by atoms with Gasteiger partial charge in [-0.1, -0.05) is 36.4 Å². The maximum absolute atomic E-state index is 14.9. The van der Waals surface area contributed by atoms with Gasteiger partial charge in [0.1, 0.15) is 11.7 Å². The molecule has 3 N–H and O–H groups in total. The van der Waals surface area contributed by atoms with Crippen molar-refractivity contribution in [3.05, 3.63) is 71.0 Å². The number of rotatable bonds is 4. The number of carbonyl (C=O) groups excluding carboxylic acids is 2. The molecule has 0 aliphatic carbocycles. The molecule has 0 unspecified atom stereocenters. The van der Waals surface area contributed by atoms with E-state index >= 15 is 0 Å². The van der Waals surface area contributed by atoms with Gasteiger partial charge >= 0.3 is 0 Å². The summed E-state index contributed by atoms with van der Waals surface area (Å²) < 4.78 is 43.0. The van der Waals surface area contributed by atoms with Gasteiger partial charge in [0.05, 0.1) is 24.4 Å². The molecule has 4 atom stereocenters. The van der Waals surface area contributed by atoms with Crippen molar-refractivity contribution in [1.29, 1.82) is 5.41 Å². The van der Waals surface area contributed by atoms with Crippen molar-refractivity contribution in [2.24, 2.45) is 17.6 Å². The monoisotopic (exact) mass is 442 g/mol. The summed E-state index contributed by atoms with van der Waals surface area (Å²) in [4.78, 5) is 29.2. The highest BCUT2D eigenvalue weighted by Crippen LogP contribution is 2.57. The van der Waals surface area contributed by atoms with Gasteiger partial charge in [0.15, 0.2) is 0 Å². The summed E-state index contributed by atoms with van der Waals surface area (Å²) in [6.07, 6.45) is -0.373. The van der Waals surface area contributed by atoms with Crippen molar-refractivity contribution in [3.8, 4) is 0 Å². The topological polar surface area (TPSA) is 90.5 Å². The lowest BCUT2D eigenvalue weighted by atomic mass is 9.84. The van der Waals surface area contributed by atoms with Crippen molar-refractivity contribution in [3.63, 3.8) is 0 Å². The molecule has 32 heavy (non-hydrogen) atoms. The molecule has 3 saturated heterocycles. The van der Waals surface area contributed by atoms with Crippen molar-refractivity contribution in [2.45, 2.75) is 31.0 Å². The molecule has 6 nitrogen and oxygen atoms in total. The molecule has 3 fully saturated rings. The van der Waals surface area contributed by atoms with Crippen molar-refractivity contribution in [1.82, 2.24) is 9.80 Å². The fourth-order valence-electron chi connectivity index (χ4n) is 5.42. The van der Waals surface area contributed by atoms with Crippen LogP contribution in [0.15, 0.2) is 48.5 Å². The van der Waals surface area contributed by atoms with Crippen LogP contribution in [0.4, 0.5) is 13.2 Å². The van der Waals surface area contributed by atoms with E-state index in [0.717, 1.165) is 4.90 Å². The minimum atomic E-state index is -3.08. The summed E-state index contributed by atoms with van der Waals surface area (Å²) in [5, 5.41) is 7.55. The van der Waals surface area contributed by atoms with Crippen molar-refractivity contribution < 1.29 is 22.8 Å². The van der Waals surface area contributed by atoms with Gasteiger partial charge in [-0.25, -0.2) is 13.2 Å². The average molecular weight is 442 g/mol. The number of benzene rings is 2. The minimum Gasteiger partial charge on any atom is -0.384 e. The second kappa shape index (κ2) is 7.16. The lowest BCUT2D eigenvalue weighted by Gasteiger charge is -2.29. The highest BCUT2D eigenvalue weighted by Gasteiger charge is 2.70. The Balaban J connectivity index is 1.53. The summed E-state index contributed by atoms with van der Waals surface area (Å²) in [6.45, 7) is 0.00154. The summed E-state index contributed by atoms with van der Waals surface area (Å²) in [5.41, 5.74) is 7.18. The van der Waals surface area contributed by atoms with Crippen LogP contribution in [0.1, 0.15) is 29.2 Å². The Morgan fingerprint density at radius 2 is 1.66 bits per heavy atom. The number of nitrogens with zero attached hydrogens (tertiary/aromatic N) is 2. The van der Waals surface area contributed by atoms with Gasteiger partial charge in [0, 0.05) is 24.6 Å². The zero-order valence-corrected chi connectivity index (χ0v) is 17.0. The highest BCUT2D eigenvalue weighted by molar-refractivity contribution is 6.06. The third kappa shape index (κ3) is 3.02.